The first-order chi connectivity index (χ1) is 7.68. The van der Waals surface area contributed by atoms with Crippen molar-refractivity contribution in [2.75, 3.05) is 5.32 Å². The van der Waals surface area contributed by atoms with Gasteiger partial charge in [0.25, 0.3) is 0 Å². The van der Waals surface area contributed by atoms with Crippen molar-refractivity contribution >= 4 is 17.3 Å². The minimum Gasteiger partial charge on any atom is -0.373 e. The molecule has 16 heavy (non-hydrogen) atoms. The Morgan fingerprint density at radius 3 is 3.12 bits per heavy atom. The molecule has 3 heterocycles. The van der Waals surface area contributed by atoms with Crippen LogP contribution in [0.2, 0.25) is 5.15 Å². The number of anilines is 1. The van der Waals surface area contributed by atoms with Crippen LogP contribution in [-0.2, 0) is 0 Å². The van der Waals surface area contributed by atoms with Gasteiger partial charge in [-0.2, -0.15) is 0 Å². The fourth-order valence-electron chi connectivity index (χ4n) is 2.06. The fourth-order valence-corrected chi connectivity index (χ4v) is 2.27. The molecule has 0 spiro atoms. The highest BCUT2D eigenvalue weighted by Crippen LogP contribution is 2.36. The first-order valence-corrected chi connectivity index (χ1v) is 5.40. The summed E-state index contributed by atoms with van der Waals surface area (Å²) < 4.78 is 1.82. The highest BCUT2D eigenvalue weighted by Gasteiger charge is 2.26. The molecule has 1 atom stereocenters. The van der Waals surface area contributed by atoms with Crippen molar-refractivity contribution in [1.29, 1.82) is 0 Å². The Balaban J connectivity index is 2.32. The summed E-state index contributed by atoms with van der Waals surface area (Å²) in [5.41, 5.74) is 3.70. The number of aryl methyl sites for hydroxylation is 1. The molecular weight excluding hydrogens is 226 g/mol. The van der Waals surface area contributed by atoms with Crippen LogP contribution in [0.3, 0.4) is 0 Å². The Labute approximate surface area is 97.4 Å². The first-order valence-electron chi connectivity index (χ1n) is 5.02. The third-order valence-corrected chi connectivity index (χ3v) is 3.05. The second-order valence-corrected chi connectivity index (χ2v) is 4.19. The molecule has 6 heteroatoms. The van der Waals surface area contributed by atoms with Gasteiger partial charge in [0, 0.05) is 6.20 Å². The molecule has 1 aliphatic heterocycles. The van der Waals surface area contributed by atoms with E-state index >= 15 is 0 Å². The average molecular weight is 236 g/mol. The maximum atomic E-state index is 6.05. The van der Waals surface area contributed by atoms with Crippen LogP contribution < -0.4 is 5.32 Å². The Kier molecular flexibility index (Phi) is 1.91. The van der Waals surface area contributed by atoms with E-state index in [1.54, 1.807) is 6.20 Å². The van der Waals surface area contributed by atoms with Crippen LogP contribution >= 0.6 is 11.6 Å². The van der Waals surface area contributed by atoms with E-state index in [0.29, 0.717) is 5.15 Å². The van der Waals surface area contributed by atoms with Gasteiger partial charge >= 0.3 is 0 Å². The summed E-state index contributed by atoms with van der Waals surface area (Å²) in [6, 6.07) is 2.00. The van der Waals surface area contributed by atoms with E-state index in [9.17, 15) is 0 Å². The lowest BCUT2D eigenvalue weighted by atomic mass is 10.1. The first kappa shape index (κ1) is 9.59. The average Bonchev–Trinajstić information content (AvgIpc) is 2.64. The topological polar surface area (TPSA) is 55.6 Å². The van der Waals surface area contributed by atoms with Gasteiger partial charge in [-0.05, 0) is 19.9 Å². The van der Waals surface area contributed by atoms with Gasteiger partial charge in [-0.3, -0.25) is 0 Å². The van der Waals surface area contributed by atoms with Crippen molar-refractivity contribution in [2.45, 2.75) is 19.9 Å². The lowest BCUT2D eigenvalue weighted by Gasteiger charge is -2.25. The van der Waals surface area contributed by atoms with E-state index in [1.165, 1.54) is 0 Å². The molecule has 0 radical (unpaired) electrons. The Morgan fingerprint density at radius 1 is 1.50 bits per heavy atom. The predicted octanol–water partition coefficient (Wildman–Crippen LogP) is 2.11. The van der Waals surface area contributed by atoms with Crippen molar-refractivity contribution in [3.63, 3.8) is 0 Å². The third kappa shape index (κ3) is 1.15. The standard InChI is InChI=1S/C10H10ClN5/c1-5-9-6(2)14-15-16(9)7-3-4-12-10(11)8(7)13-5/h3-5,13H,1-2H3. The number of rotatable bonds is 0. The third-order valence-electron chi connectivity index (χ3n) is 2.76. The van der Waals surface area contributed by atoms with Gasteiger partial charge < -0.3 is 5.32 Å². The molecule has 0 fully saturated rings. The number of aromatic nitrogens is 4. The van der Waals surface area contributed by atoms with E-state index in [1.807, 2.05) is 17.7 Å². The van der Waals surface area contributed by atoms with Gasteiger partial charge in [0.05, 0.1) is 28.8 Å². The maximum Gasteiger partial charge on any atom is 0.154 e. The molecule has 0 saturated heterocycles. The zero-order valence-corrected chi connectivity index (χ0v) is 9.65. The summed E-state index contributed by atoms with van der Waals surface area (Å²) in [5.74, 6) is 0. The summed E-state index contributed by atoms with van der Waals surface area (Å²) >= 11 is 6.05. The predicted molar refractivity (Wildman–Crippen MR) is 60.9 cm³/mol. The van der Waals surface area contributed by atoms with Crippen molar-refractivity contribution < 1.29 is 0 Å². The molecule has 82 valence electrons. The summed E-state index contributed by atoms with van der Waals surface area (Å²) in [6.07, 6.45) is 1.67. The van der Waals surface area contributed by atoms with Crippen LogP contribution in [0.25, 0.3) is 5.69 Å². The molecule has 0 aliphatic carbocycles. The molecule has 1 aliphatic rings. The van der Waals surface area contributed by atoms with E-state index in [2.05, 4.69) is 27.5 Å². The van der Waals surface area contributed by atoms with Crippen molar-refractivity contribution in [3.05, 3.63) is 28.8 Å². The zero-order valence-electron chi connectivity index (χ0n) is 8.90. The van der Waals surface area contributed by atoms with Gasteiger partial charge in [-0.25, -0.2) is 9.67 Å². The van der Waals surface area contributed by atoms with E-state index in [4.69, 9.17) is 11.6 Å². The zero-order chi connectivity index (χ0) is 11.3. The molecule has 2 aromatic heterocycles. The highest BCUT2D eigenvalue weighted by atomic mass is 35.5. The summed E-state index contributed by atoms with van der Waals surface area (Å²) in [7, 11) is 0. The quantitative estimate of drug-likeness (QED) is 0.711. The van der Waals surface area contributed by atoms with Gasteiger partial charge in [-0.1, -0.05) is 16.8 Å². The van der Waals surface area contributed by atoms with Crippen molar-refractivity contribution in [1.82, 2.24) is 20.0 Å². The van der Waals surface area contributed by atoms with E-state index in [-0.39, 0.29) is 6.04 Å². The highest BCUT2D eigenvalue weighted by molar-refractivity contribution is 6.32. The van der Waals surface area contributed by atoms with Gasteiger partial charge in [-0.15, -0.1) is 5.10 Å². The molecule has 1 unspecified atom stereocenters. The number of halogens is 1. The molecule has 0 aromatic carbocycles. The van der Waals surface area contributed by atoms with Crippen LogP contribution in [0, 0.1) is 6.92 Å². The number of pyridine rings is 1. The smallest absolute Gasteiger partial charge is 0.154 e. The summed E-state index contributed by atoms with van der Waals surface area (Å²) in [4.78, 5) is 4.05. The second-order valence-electron chi connectivity index (χ2n) is 3.83. The number of hydrogen-bond acceptors (Lipinski definition) is 4. The van der Waals surface area contributed by atoms with Crippen molar-refractivity contribution in [3.8, 4) is 5.69 Å². The molecular formula is C10H10ClN5. The van der Waals surface area contributed by atoms with Gasteiger partial charge in [0.2, 0.25) is 0 Å². The monoisotopic (exact) mass is 235 g/mol. The molecule has 0 saturated carbocycles. The summed E-state index contributed by atoms with van der Waals surface area (Å²) in [5, 5.41) is 12.0. The molecule has 0 bridgehead atoms. The Bertz CT molecular complexity index is 562. The largest absolute Gasteiger partial charge is 0.373 e. The molecule has 1 N–H and O–H groups in total. The van der Waals surface area contributed by atoms with Crippen LogP contribution in [0.15, 0.2) is 12.3 Å². The molecule has 3 rings (SSSR count). The maximum absolute atomic E-state index is 6.05. The minimum atomic E-state index is 0.129. The SMILES string of the molecule is Cc1nnn2c1C(C)Nc1c-2ccnc1Cl. The van der Waals surface area contributed by atoms with Gasteiger partial charge in [0.15, 0.2) is 5.15 Å². The fraction of sp³-hybridized carbons (Fsp3) is 0.300. The van der Waals surface area contributed by atoms with E-state index < -0.39 is 0 Å². The van der Waals surface area contributed by atoms with Crippen LogP contribution in [0.4, 0.5) is 5.69 Å². The van der Waals surface area contributed by atoms with Crippen molar-refractivity contribution in [2.24, 2.45) is 0 Å². The van der Waals surface area contributed by atoms with Gasteiger partial charge in [0.1, 0.15) is 0 Å². The minimum absolute atomic E-state index is 0.129. The normalized spacial score (nSPS) is 17.6. The number of nitrogens with one attached hydrogen (secondary N) is 1. The Hall–Kier alpha value is -1.62. The lowest BCUT2D eigenvalue weighted by molar-refractivity contribution is 0.698. The second kappa shape index (κ2) is 3.18. The number of hydrogen-bond donors (Lipinski definition) is 1. The molecule has 5 nitrogen and oxygen atoms in total. The van der Waals surface area contributed by atoms with Crippen LogP contribution in [0.5, 0.6) is 0 Å². The summed E-state index contributed by atoms with van der Waals surface area (Å²) in [6.45, 7) is 4.00. The molecule has 0 amide bonds. The Morgan fingerprint density at radius 2 is 2.31 bits per heavy atom. The molecule has 2 aromatic rings. The number of fused-ring (bicyclic) bond motifs is 3. The van der Waals surface area contributed by atoms with Crippen LogP contribution in [-0.4, -0.2) is 20.0 Å². The number of nitrogens with zero attached hydrogens (tertiary/aromatic N) is 4. The lowest BCUT2D eigenvalue weighted by Crippen LogP contribution is -2.21. The van der Waals surface area contributed by atoms with Crippen LogP contribution in [0.1, 0.15) is 24.4 Å². The van der Waals surface area contributed by atoms with E-state index in [0.717, 1.165) is 22.8 Å².